The molecule has 4 rings (SSSR count). The first-order valence-electron chi connectivity index (χ1n) is 10.4. The molecule has 8 nitrogen and oxygen atoms in total. The third kappa shape index (κ3) is 5.05. The number of hydrogen-bond acceptors (Lipinski definition) is 6. The Kier molecular flexibility index (Phi) is 6.36. The number of aromatic amines is 1. The van der Waals surface area contributed by atoms with Crippen LogP contribution in [0.15, 0.2) is 46.4 Å². The number of thiazole rings is 1. The number of para-hydroxylation sites is 2. The van der Waals surface area contributed by atoms with Crippen LogP contribution in [-0.4, -0.2) is 26.8 Å². The maximum absolute atomic E-state index is 12.8. The normalized spacial score (nSPS) is 12.2. The lowest BCUT2D eigenvalue weighted by Gasteiger charge is -2.18. The number of aryl methyl sites for hydroxylation is 1. The smallest absolute Gasteiger partial charge is 0.260 e. The molecule has 3 aromatic heterocycles. The van der Waals surface area contributed by atoms with Crippen molar-refractivity contribution in [3.63, 3.8) is 0 Å². The van der Waals surface area contributed by atoms with E-state index >= 15 is 0 Å². The van der Waals surface area contributed by atoms with Gasteiger partial charge >= 0.3 is 0 Å². The van der Waals surface area contributed by atoms with Crippen molar-refractivity contribution in [1.29, 1.82) is 0 Å². The number of H-pyrrole nitrogens is 1. The Labute approximate surface area is 189 Å². The van der Waals surface area contributed by atoms with E-state index in [1.807, 2.05) is 24.3 Å². The van der Waals surface area contributed by atoms with Gasteiger partial charge in [-0.15, -0.1) is 11.3 Å². The van der Waals surface area contributed by atoms with Crippen molar-refractivity contribution >= 4 is 39.3 Å². The number of carbonyl (C=O) groups excluding carboxylic acids is 2. The molecule has 32 heavy (non-hydrogen) atoms. The summed E-state index contributed by atoms with van der Waals surface area (Å²) in [5.41, 5.74) is 2.87. The number of imidazole rings is 1. The highest BCUT2D eigenvalue weighted by atomic mass is 32.1. The van der Waals surface area contributed by atoms with Gasteiger partial charge in [-0.2, -0.15) is 0 Å². The van der Waals surface area contributed by atoms with Crippen molar-refractivity contribution in [2.24, 2.45) is 5.92 Å². The molecule has 0 saturated carbocycles. The Morgan fingerprint density at radius 2 is 2.00 bits per heavy atom. The highest BCUT2D eigenvalue weighted by Crippen LogP contribution is 2.23. The summed E-state index contributed by atoms with van der Waals surface area (Å²) in [5, 5.41) is 8.05. The highest BCUT2D eigenvalue weighted by Gasteiger charge is 2.21. The second-order valence-electron chi connectivity index (χ2n) is 8.05. The van der Waals surface area contributed by atoms with Gasteiger partial charge in [0.1, 0.15) is 11.6 Å². The molecule has 0 spiro atoms. The Morgan fingerprint density at radius 1 is 1.19 bits per heavy atom. The van der Waals surface area contributed by atoms with Gasteiger partial charge in [-0.3, -0.25) is 14.9 Å². The summed E-state index contributed by atoms with van der Waals surface area (Å²) in [5.74, 6) is 1.23. The van der Waals surface area contributed by atoms with Gasteiger partial charge < -0.3 is 14.7 Å². The minimum Gasteiger partial charge on any atom is -0.469 e. The van der Waals surface area contributed by atoms with E-state index in [-0.39, 0.29) is 24.3 Å². The van der Waals surface area contributed by atoms with Gasteiger partial charge in [0.15, 0.2) is 5.13 Å². The highest BCUT2D eigenvalue weighted by molar-refractivity contribution is 7.14. The number of fused-ring (bicyclic) bond motifs is 1. The molecule has 0 saturated heterocycles. The summed E-state index contributed by atoms with van der Waals surface area (Å²) in [6.45, 7) is 5.94. The van der Waals surface area contributed by atoms with Crippen LogP contribution in [-0.2, 0) is 11.2 Å². The predicted molar refractivity (Wildman–Crippen MR) is 124 cm³/mol. The Hall–Kier alpha value is -3.46. The van der Waals surface area contributed by atoms with E-state index < -0.39 is 0 Å². The SMILES string of the molecule is Cc1occc1C(=O)Nc1nc(CC(=O)NC(CC(C)C)c2nc3ccccc3[nH]2)cs1. The van der Waals surface area contributed by atoms with Gasteiger partial charge in [-0.25, -0.2) is 9.97 Å². The molecule has 0 bridgehead atoms. The first kappa shape index (κ1) is 21.8. The third-order valence-electron chi connectivity index (χ3n) is 5.00. The Morgan fingerprint density at radius 3 is 2.72 bits per heavy atom. The average Bonchev–Trinajstić information content (AvgIpc) is 3.46. The summed E-state index contributed by atoms with van der Waals surface area (Å²) in [6, 6.07) is 9.19. The maximum Gasteiger partial charge on any atom is 0.260 e. The molecule has 1 aromatic carbocycles. The molecule has 0 aliphatic rings. The van der Waals surface area contributed by atoms with Crippen LogP contribution in [0, 0.1) is 12.8 Å². The molecule has 2 amide bonds. The average molecular weight is 452 g/mol. The van der Waals surface area contributed by atoms with Gasteiger partial charge in [0.2, 0.25) is 5.91 Å². The van der Waals surface area contributed by atoms with Crippen molar-refractivity contribution in [1.82, 2.24) is 20.3 Å². The molecule has 0 aliphatic heterocycles. The predicted octanol–water partition coefficient (Wildman–Crippen LogP) is 4.62. The van der Waals surface area contributed by atoms with Crippen LogP contribution >= 0.6 is 11.3 Å². The number of furan rings is 1. The van der Waals surface area contributed by atoms with Crippen molar-refractivity contribution in [3.8, 4) is 0 Å². The fraction of sp³-hybridized carbons (Fsp3) is 0.304. The lowest BCUT2D eigenvalue weighted by molar-refractivity contribution is -0.121. The lowest BCUT2D eigenvalue weighted by atomic mass is 10.0. The fourth-order valence-electron chi connectivity index (χ4n) is 3.49. The summed E-state index contributed by atoms with van der Waals surface area (Å²) >= 11 is 1.28. The molecule has 0 aliphatic carbocycles. The van der Waals surface area contributed by atoms with Gasteiger partial charge in [-0.05, 0) is 37.5 Å². The van der Waals surface area contributed by atoms with E-state index in [0.717, 1.165) is 23.3 Å². The van der Waals surface area contributed by atoms with E-state index in [1.165, 1.54) is 17.6 Å². The van der Waals surface area contributed by atoms with E-state index in [9.17, 15) is 9.59 Å². The number of carbonyl (C=O) groups is 2. The van der Waals surface area contributed by atoms with E-state index in [1.54, 1.807) is 18.4 Å². The molecular weight excluding hydrogens is 426 g/mol. The number of rotatable bonds is 8. The first-order valence-corrected chi connectivity index (χ1v) is 11.3. The fourth-order valence-corrected chi connectivity index (χ4v) is 4.19. The van der Waals surface area contributed by atoms with Gasteiger partial charge in [-0.1, -0.05) is 26.0 Å². The number of hydrogen-bond donors (Lipinski definition) is 3. The van der Waals surface area contributed by atoms with Crippen LogP contribution in [0.3, 0.4) is 0 Å². The van der Waals surface area contributed by atoms with Crippen molar-refractivity contribution in [2.45, 2.75) is 39.7 Å². The summed E-state index contributed by atoms with van der Waals surface area (Å²) in [4.78, 5) is 37.4. The molecule has 3 N–H and O–H groups in total. The van der Waals surface area contributed by atoms with Crippen LogP contribution < -0.4 is 10.6 Å². The standard InChI is InChI=1S/C23H25N5O3S/c1-13(2)10-19(21-26-17-6-4-5-7-18(17)27-21)25-20(29)11-15-12-32-23(24-15)28-22(30)16-8-9-31-14(16)3/h4-9,12-13,19H,10-11H2,1-3H3,(H,25,29)(H,26,27)(H,24,28,30). The molecule has 4 aromatic rings. The molecular formula is C23H25N5O3S. The largest absolute Gasteiger partial charge is 0.469 e. The summed E-state index contributed by atoms with van der Waals surface area (Å²) in [7, 11) is 0. The molecule has 1 atom stereocenters. The minimum absolute atomic E-state index is 0.117. The molecule has 3 heterocycles. The van der Waals surface area contributed by atoms with E-state index in [2.05, 4.69) is 39.4 Å². The number of amides is 2. The minimum atomic E-state index is -0.288. The first-order chi connectivity index (χ1) is 15.4. The zero-order valence-corrected chi connectivity index (χ0v) is 19.0. The van der Waals surface area contributed by atoms with Crippen LogP contribution in [0.4, 0.5) is 5.13 Å². The monoisotopic (exact) mass is 451 g/mol. The molecule has 9 heteroatoms. The maximum atomic E-state index is 12.8. The van der Waals surface area contributed by atoms with Crippen LogP contribution in [0.1, 0.15) is 53.9 Å². The summed E-state index contributed by atoms with van der Waals surface area (Å²) in [6.07, 6.45) is 2.34. The van der Waals surface area contributed by atoms with E-state index in [4.69, 9.17) is 4.42 Å². The number of nitrogens with one attached hydrogen (secondary N) is 3. The summed E-state index contributed by atoms with van der Waals surface area (Å²) < 4.78 is 5.16. The van der Waals surface area contributed by atoms with Crippen LogP contribution in [0.2, 0.25) is 0 Å². The number of benzene rings is 1. The molecule has 166 valence electrons. The van der Waals surface area contributed by atoms with Gasteiger partial charge in [0, 0.05) is 5.38 Å². The lowest BCUT2D eigenvalue weighted by Crippen LogP contribution is -2.31. The third-order valence-corrected chi connectivity index (χ3v) is 5.80. The van der Waals surface area contributed by atoms with Crippen molar-refractivity contribution < 1.29 is 14.0 Å². The number of aromatic nitrogens is 3. The molecule has 1 unspecified atom stereocenters. The quantitative estimate of drug-likeness (QED) is 0.362. The molecule has 0 radical (unpaired) electrons. The number of nitrogens with zero attached hydrogens (tertiary/aromatic N) is 2. The zero-order valence-electron chi connectivity index (χ0n) is 18.1. The van der Waals surface area contributed by atoms with Crippen molar-refractivity contribution in [3.05, 3.63) is 64.8 Å². The van der Waals surface area contributed by atoms with E-state index in [0.29, 0.717) is 28.1 Å². The Balaban J connectivity index is 1.41. The zero-order chi connectivity index (χ0) is 22.7. The second-order valence-corrected chi connectivity index (χ2v) is 8.91. The van der Waals surface area contributed by atoms with Crippen LogP contribution in [0.25, 0.3) is 11.0 Å². The topological polar surface area (TPSA) is 113 Å². The second kappa shape index (κ2) is 9.35. The molecule has 0 fully saturated rings. The Bertz CT molecular complexity index is 1210. The van der Waals surface area contributed by atoms with Gasteiger partial charge in [0.05, 0.1) is 41.0 Å². The van der Waals surface area contributed by atoms with Gasteiger partial charge in [0.25, 0.3) is 5.91 Å². The van der Waals surface area contributed by atoms with Crippen LogP contribution in [0.5, 0.6) is 0 Å². The van der Waals surface area contributed by atoms with Crippen molar-refractivity contribution in [2.75, 3.05) is 5.32 Å². The number of anilines is 1.